The first kappa shape index (κ1) is 31.9. The van der Waals surface area contributed by atoms with Crippen molar-refractivity contribution < 1.29 is 34.0 Å². The third-order valence-corrected chi connectivity index (χ3v) is 8.18. The lowest BCUT2D eigenvalue weighted by Gasteiger charge is -2.16. The first-order valence-corrected chi connectivity index (χ1v) is 15.2. The summed E-state index contributed by atoms with van der Waals surface area (Å²) in [6.07, 6.45) is 5.85. The molecule has 0 saturated carbocycles. The van der Waals surface area contributed by atoms with Gasteiger partial charge in [0.2, 0.25) is 0 Å². The molecule has 11 heteroatoms. The minimum Gasteiger partial charge on any atom is -0.496 e. The van der Waals surface area contributed by atoms with Crippen molar-refractivity contribution in [3.8, 4) is 28.5 Å². The van der Waals surface area contributed by atoms with Gasteiger partial charge in [0.15, 0.2) is 0 Å². The number of aromatic nitrogens is 2. The molecule has 9 nitrogen and oxygen atoms in total. The van der Waals surface area contributed by atoms with Crippen molar-refractivity contribution >= 4 is 41.2 Å². The molecule has 0 fully saturated rings. The number of ether oxygens (including phenoxy) is 3. The Bertz CT molecular complexity index is 1780. The van der Waals surface area contributed by atoms with Crippen LogP contribution in [0.25, 0.3) is 17.3 Å². The predicted molar refractivity (Wildman–Crippen MR) is 172 cm³/mol. The van der Waals surface area contributed by atoms with Gasteiger partial charge in [-0.3, -0.25) is 4.68 Å². The van der Waals surface area contributed by atoms with E-state index in [1.807, 2.05) is 16.8 Å². The molecule has 3 aromatic carbocycles. The Morgan fingerprint density at radius 3 is 2.67 bits per heavy atom. The summed E-state index contributed by atoms with van der Waals surface area (Å²) in [5.41, 5.74) is 4.00. The van der Waals surface area contributed by atoms with Crippen LogP contribution in [-0.2, 0) is 30.8 Å². The Hall–Kier alpha value is -4.47. The van der Waals surface area contributed by atoms with E-state index in [0.29, 0.717) is 57.6 Å². The number of aromatic carboxylic acids is 1. The summed E-state index contributed by atoms with van der Waals surface area (Å²) in [5, 5.41) is 25.3. The highest BCUT2D eigenvalue weighted by Gasteiger charge is 2.22. The van der Waals surface area contributed by atoms with Gasteiger partial charge in [0.25, 0.3) is 0 Å². The summed E-state index contributed by atoms with van der Waals surface area (Å²) in [6.45, 7) is 3.08. The van der Waals surface area contributed by atoms with Crippen molar-refractivity contribution in [3.63, 3.8) is 0 Å². The number of fused-ring (bicyclic) bond motifs is 1. The number of carboxylic acids is 2. The molecular formula is C34H32Cl2N2O7. The van der Waals surface area contributed by atoms with Crippen LogP contribution >= 0.6 is 23.2 Å². The highest BCUT2D eigenvalue weighted by Crippen LogP contribution is 2.38. The third kappa shape index (κ3) is 7.10. The number of unbranched alkanes of at least 4 members (excludes halogenated alkanes) is 1. The van der Waals surface area contributed by atoms with Gasteiger partial charge in [-0.05, 0) is 55.0 Å². The van der Waals surface area contributed by atoms with Crippen molar-refractivity contribution in [1.82, 2.24) is 9.78 Å². The fourth-order valence-corrected chi connectivity index (χ4v) is 5.69. The molecule has 1 aliphatic rings. The molecule has 0 radical (unpaired) electrons. The van der Waals surface area contributed by atoms with E-state index < -0.39 is 11.9 Å². The fraction of sp³-hybridized carbons (Fsp3) is 0.265. The van der Waals surface area contributed by atoms with Crippen LogP contribution in [-0.4, -0.2) is 45.6 Å². The summed E-state index contributed by atoms with van der Waals surface area (Å²) in [6, 6.07) is 13.5. The van der Waals surface area contributed by atoms with Crippen LogP contribution in [0, 0.1) is 0 Å². The van der Waals surface area contributed by atoms with Crippen molar-refractivity contribution in [2.24, 2.45) is 0 Å². The number of nitrogens with zero attached hydrogens (tertiary/aromatic N) is 2. The summed E-state index contributed by atoms with van der Waals surface area (Å²) in [4.78, 5) is 24.4. The molecule has 0 amide bonds. The highest BCUT2D eigenvalue weighted by molar-refractivity contribution is 6.32. The second kappa shape index (κ2) is 14.1. The maximum absolute atomic E-state index is 12.6. The fourth-order valence-electron chi connectivity index (χ4n) is 5.30. The van der Waals surface area contributed by atoms with Gasteiger partial charge in [0, 0.05) is 62.8 Å². The third-order valence-electron chi connectivity index (χ3n) is 7.59. The SMILES string of the molecule is CCCCn1ncc(/C=C(\Cc2cc3c(cc2OC)CCO3)C(=O)O)c1-c1ccc(Cl)cc1OCc1c(Cl)cccc1C(=O)O. The zero-order valence-corrected chi connectivity index (χ0v) is 26.3. The summed E-state index contributed by atoms with van der Waals surface area (Å²) < 4.78 is 19.3. The number of methoxy groups -OCH3 is 1. The lowest BCUT2D eigenvalue weighted by Crippen LogP contribution is -2.08. The zero-order valence-electron chi connectivity index (χ0n) is 24.8. The molecule has 0 aliphatic carbocycles. The average molecular weight is 652 g/mol. The first-order chi connectivity index (χ1) is 21.7. The molecule has 0 bridgehead atoms. The molecule has 0 atom stereocenters. The Labute approximate surface area is 270 Å². The molecule has 234 valence electrons. The minimum atomic E-state index is -1.12. The van der Waals surface area contributed by atoms with Crippen molar-refractivity contribution in [3.05, 3.63) is 98.2 Å². The van der Waals surface area contributed by atoms with Gasteiger partial charge in [0.05, 0.1) is 31.2 Å². The summed E-state index contributed by atoms with van der Waals surface area (Å²) >= 11 is 12.7. The van der Waals surface area contributed by atoms with Crippen LogP contribution in [0.1, 0.15) is 52.4 Å². The number of carboxylic acid groups (broad SMARTS) is 2. The van der Waals surface area contributed by atoms with Gasteiger partial charge in [0.1, 0.15) is 23.9 Å². The molecule has 2 N–H and O–H groups in total. The quantitative estimate of drug-likeness (QED) is 0.142. The van der Waals surface area contributed by atoms with Crippen LogP contribution < -0.4 is 14.2 Å². The van der Waals surface area contributed by atoms with Gasteiger partial charge >= 0.3 is 11.9 Å². The molecule has 5 rings (SSSR count). The Balaban J connectivity index is 1.57. The number of carbonyl (C=O) groups is 2. The average Bonchev–Trinajstić information content (AvgIpc) is 3.64. The summed E-state index contributed by atoms with van der Waals surface area (Å²) in [5.74, 6) is -0.519. The van der Waals surface area contributed by atoms with Gasteiger partial charge in [-0.1, -0.05) is 42.6 Å². The minimum absolute atomic E-state index is 0.0289. The maximum atomic E-state index is 12.6. The van der Waals surface area contributed by atoms with Crippen LogP contribution in [0.3, 0.4) is 0 Å². The lowest BCUT2D eigenvalue weighted by molar-refractivity contribution is -0.132. The Kier molecular flexibility index (Phi) is 10.0. The van der Waals surface area contributed by atoms with Crippen LogP contribution in [0.15, 0.2) is 60.3 Å². The van der Waals surface area contributed by atoms with E-state index in [9.17, 15) is 19.8 Å². The van der Waals surface area contributed by atoms with E-state index in [1.165, 1.54) is 6.07 Å². The molecule has 4 aromatic rings. The van der Waals surface area contributed by atoms with Crippen molar-refractivity contribution in [2.75, 3.05) is 13.7 Å². The Morgan fingerprint density at radius 2 is 1.93 bits per heavy atom. The highest BCUT2D eigenvalue weighted by atomic mass is 35.5. The number of aryl methyl sites for hydroxylation is 1. The molecule has 1 aliphatic heterocycles. The largest absolute Gasteiger partial charge is 0.496 e. The second-order valence-electron chi connectivity index (χ2n) is 10.5. The molecule has 0 saturated heterocycles. The number of hydrogen-bond donors (Lipinski definition) is 2. The van der Waals surface area contributed by atoms with Gasteiger partial charge in [-0.15, -0.1) is 0 Å². The van der Waals surface area contributed by atoms with E-state index in [2.05, 4.69) is 12.0 Å². The topological polar surface area (TPSA) is 120 Å². The molecule has 2 heterocycles. The van der Waals surface area contributed by atoms with E-state index in [1.54, 1.807) is 49.7 Å². The first-order valence-electron chi connectivity index (χ1n) is 14.5. The predicted octanol–water partition coefficient (Wildman–Crippen LogP) is 7.59. The van der Waals surface area contributed by atoms with Crippen molar-refractivity contribution in [1.29, 1.82) is 0 Å². The number of rotatable bonds is 13. The van der Waals surface area contributed by atoms with Gasteiger partial charge in [-0.2, -0.15) is 5.10 Å². The van der Waals surface area contributed by atoms with E-state index in [-0.39, 0.29) is 29.2 Å². The van der Waals surface area contributed by atoms with E-state index >= 15 is 0 Å². The van der Waals surface area contributed by atoms with Crippen LogP contribution in [0.2, 0.25) is 10.0 Å². The van der Waals surface area contributed by atoms with E-state index in [4.69, 9.17) is 37.4 Å². The number of halogens is 2. The molecule has 0 unspecified atom stereocenters. The number of aliphatic carboxylic acids is 1. The lowest BCUT2D eigenvalue weighted by atomic mass is 9.98. The molecule has 45 heavy (non-hydrogen) atoms. The summed E-state index contributed by atoms with van der Waals surface area (Å²) in [7, 11) is 1.56. The molecule has 1 aromatic heterocycles. The second-order valence-corrected chi connectivity index (χ2v) is 11.4. The van der Waals surface area contributed by atoms with Crippen LogP contribution in [0.5, 0.6) is 17.2 Å². The number of hydrogen-bond acceptors (Lipinski definition) is 6. The monoisotopic (exact) mass is 650 g/mol. The standard InChI is InChI=1S/C34H32Cl2N2O7/c1-3-4-11-38-32(26-9-8-24(35)17-31(26)45-19-27-25(34(41)42)6-5-7-28(27)36)23(18-37-38)14-22(33(39)40)13-21-16-30-20(10-12-44-30)15-29(21)43-2/h5-9,14-18H,3-4,10-13,19H2,1-2H3,(H,39,40)(H,41,42)/b22-14+. The smallest absolute Gasteiger partial charge is 0.336 e. The van der Waals surface area contributed by atoms with Crippen LogP contribution in [0.4, 0.5) is 0 Å². The normalized spacial score (nSPS) is 12.5. The molecular weight excluding hydrogens is 619 g/mol. The van der Waals surface area contributed by atoms with Crippen molar-refractivity contribution in [2.45, 2.75) is 45.8 Å². The maximum Gasteiger partial charge on any atom is 0.336 e. The number of benzene rings is 3. The van der Waals surface area contributed by atoms with Gasteiger partial charge < -0.3 is 24.4 Å². The molecule has 0 spiro atoms. The zero-order chi connectivity index (χ0) is 32.1. The van der Waals surface area contributed by atoms with E-state index in [0.717, 1.165) is 30.6 Å². The Morgan fingerprint density at radius 1 is 1.11 bits per heavy atom. The van der Waals surface area contributed by atoms with Gasteiger partial charge in [-0.25, -0.2) is 9.59 Å².